The number of benzene rings is 1. The molecule has 0 amide bonds. The van der Waals surface area contributed by atoms with Crippen molar-refractivity contribution in [2.45, 2.75) is 25.7 Å². The molecule has 4 N–H and O–H groups in total. The standard InChI is InChI=1S/C14H18F3N5O2/c1-13(2)21-11(18)20-12(19)22(13)24-7-6-23-10-5-3-4-9(8-10)14(15,16)17/h3-5,8H,6-7H2,1-2H3,(H4,18,19,20,21). The first-order valence-corrected chi connectivity index (χ1v) is 7.02. The Bertz CT molecular complexity index is 658. The van der Waals surface area contributed by atoms with Crippen LogP contribution in [-0.2, 0) is 11.0 Å². The second kappa shape index (κ2) is 6.56. The van der Waals surface area contributed by atoms with Gasteiger partial charge in [-0.25, -0.2) is 4.99 Å². The molecule has 0 aromatic heterocycles. The fourth-order valence-corrected chi connectivity index (χ4v) is 2.07. The van der Waals surface area contributed by atoms with E-state index in [1.807, 2.05) is 0 Å². The molecule has 1 heterocycles. The van der Waals surface area contributed by atoms with Crippen molar-refractivity contribution in [2.24, 2.45) is 21.5 Å². The molecule has 0 spiro atoms. The minimum absolute atomic E-state index is 0.0143. The minimum atomic E-state index is -4.42. The number of ether oxygens (including phenoxy) is 1. The summed E-state index contributed by atoms with van der Waals surface area (Å²) in [7, 11) is 0. The number of nitrogens with zero attached hydrogens (tertiary/aromatic N) is 3. The lowest BCUT2D eigenvalue weighted by Crippen LogP contribution is -2.54. The van der Waals surface area contributed by atoms with Crippen LogP contribution >= 0.6 is 0 Å². The molecule has 132 valence electrons. The predicted molar refractivity (Wildman–Crippen MR) is 82.1 cm³/mol. The first-order chi connectivity index (χ1) is 11.1. The number of hydroxylamine groups is 2. The molecule has 0 atom stereocenters. The number of guanidine groups is 2. The normalized spacial score (nSPS) is 17.3. The number of alkyl halides is 3. The van der Waals surface area contributed by atoms with Gasteiger partial charge in [0.15, 0.2) is 5.66 Å². The lowest BCUT2D eigenvalue weighted by molar-refractivity contribution is -0.161. The average Bonchev–Trinajstić information content (AvgIpc) is 2.44. The molecule has 0 fully saturated rings. The van der Waals surface area contributed by atoms with E-state index < -0.39 is 17.4 Å². The molecule has 1 aromatic carbocycles. The number of aliphatic imine (C=N–C) groups is 2. The topological polar surface area (TPSA) is 98.5 Å². The zero-order valence-electron chi connectivity index (χ0n) is 13.2. The smallest absolute Gasteiger partial charge is 0.416 e. The first-order valence-electron chi connectivity index (χ1n) is 7.02. The van der Waals surface area contributed by atoms with Crippen molar-refractivity contribution in [1.29, 1.82) is 0 Å². The Hall–Kier alpha value is -2.49. The Morgan fingerprint density at radius 2 is 1.92 bits per heavy atom. The highest BCUT2D eigenvalue weighted by atomic mass is 19.4. The van der Waals surface area contributed by atoms with Crippen LogP contribution in [0.15, 0.2) is 34.3 Å². The van der Waals surface area contributed by atoms with Gasteiger partial charge in [-0.15, -0.1) is 0 Å². The highest BCUT2D eigenvalue weighted by Gasteiger charge is 2.33. The van der Waals surface area contributed by atoms with Gasteiger partial charge in [0, 0.05) is 0 Å². The van der Waals surface area contributed by atoms with Crippen LogP contribution in [0, 0.1) is 0 Å². The third-order valence-corrected chi connectivity index (χ3v) is 3.06. The molecular weight excluding hydrogens is 327 g/mol. The molecule has 0 unspecified atom stereocenters. The van der Waals surface area contributed by atoms with Crippen molar-refractivity contribution < 1.29 is 22.7 Å². The van der Waals surface area contributed by atoms with Crippen molar-refractivity contribution in [3.05, 3.63) is 29.8 Å². The number of nitrogens with two attached hydrogens (primary N) is 2. The molecule has 24 heavy (non-hydrogen) atoms. The number of hydrogen-bond acceptors (Lipinski definition) is 7. The molecule has 0 bridgehead atoms. The summed E-state index contributed by atoms with van der Waals surface area (Å²) in [6.07, 6.45) is -4.42. The predicted octanol–water partition coefficient (Wildman–Crippen LogP) is 1.70. The Kier molecular flexibility index (Phi) is 4.88. The summed E-state index contributed by atoms with van der Waals surface area (Å²) in [5.41, 5.74) is 9.62. The highest BCUT2D eigenvalue weighted by Crippen LogP contribution is 2.31. The quantitative estimate of drug-likeness (QED) is 0.792. The zero-order valence-corrected chi connectivity index (χ0v) is 13.2. The van der Waals surface area contributed by atoms with E-state index in [4.69, 9.17) is 21.0 Å². The van der Waals surface area contributed by atoms with Gasteiger partial charge in [-0.1, -0.05) is 6.07 Å². The molecule has 0 aliphatic carbocycles. The Balaban J connectivity index is 1.89. The van der Waals surface area contributed by atoms with Crippen molar-refractivity contribution in [1.82, 2.24) is 5.06 Å². The van der Waals surface area contributed by atoms with Crippen LogP contribution in [0.1, 0.15) is 19.4 Å². The van der Waals surface area contributed by atoms with Gasteiger partial charge in [0.25, 0.3) is 0 Å². The summed E-state index contributed by atoms with van der Waals surface area (Å²) in [5, 5.41) is 1.26. The molecule has 7 nitrogen and oxygen atoms in total. The summed E-state index contributed by atoms with van der Waals surface area (Å²) in [4.78, 5) is 13.3. The summed E-state index contributed by atoms with van der Waals surface area (Å²) in [6.45, 7) is 3.48. The van der Waals surface area contributed by atoms with Crippen LogP contribution in [0.25, 0.3) is 0 Å². The summed E-state index contributed by atoms with van der Waals surface area (Å²) in [5.74, 6) is 0.166. The third kappa shape index (κ3) is 4.28. The maximum Gasteiger partial charge on any atom is 0.416 e. The van der Waals surface area contributed by atoms with Crippen LogP contribution in [0.5, 0.6) is 5.75 Å². The van der Waals surface area contributed by atoms with E-state index in [1.165, 1.54) is 17.2 Å². The maximum atomic E-state index is 12.6. The van der Waals surface area contributed by atoms with Gasteiger partial charge in [-0.2, -0.15) is 23.2 Å². The van der Waals surface area contributed by atoms with Gasteiger partial charge in [0.2, 0.25) is 11.9 Å². The van der Waals surface area contributed by atoms with Crippen molar-refractivity contribution in [2.75, 3.05) is 13.2 Å². The van der Waals surface area contributed by atoms with Crippen molar-refractivity contribution in [3.8, 4) is 5.75 Å². The van der Waals surface area contributed by atoms with Crippen LogP contribution < -0.4 is 16.2 Å². The average molecular weight is 345 g/mol. The summed E-state index contributed by atoms with van der Waals surface area (Å²) < 4.78 is 43.1. The Morgan fingerprint density at radius 1 is 1.21 bits per heavy atom. The maximum absolute atomic E-state index is 12.6. The van der Waals surface area contributed by atoms with Crippen LogP contribution in [0.4, 0.5) is 13.2 Å². The number of halogens is 3. The van der Waals surface area contributed by atoms with Crippen LogP contribution in [0.3, 0.4) is 0 Å². The van der Waals surface area contributed by atoms with E-state index in [-0.39, 0.29) is 30.9 Å². The molecule has 1 aromatic rings. The summed E-state index contributed by atoms with van der Waals surface area (Å²) >= 11 is 0. The Labute approximate surface area is 136 Å². The van der Waals surface area contributed by atoms with Gasteiger partial charge in [0.05, 0.1) is 5.56 Å². The first kappa shape index (κ1) is 17.9. The number of rotatable bonds is 5. The zero-order chi connectivity index (χ0) is 18.0. The van der Waals surface area contributed by atoms with Gasteiger partial charge in [0.1, 0.15) is 19.0 Å². The van der Waals surface area contributed by atoms with Crippen LogP contribution in [-0.4, -0.2) is 35.9 Å². The molecule has 0 radical (unpaired) electrons. The lowest BCUT2D eigenvalue weighted by Gasteiger charge is -2.36. The molecule has 0 saturated carbocycles. The van der Waals surface area contributed by atoms with Gasteiger partial charge >= 0.3 is 6.18 Å². The largest absolute Gasteiger partial charge is 0.491 e. The van der Waals surface area contributed by atoms with Crippen molar-refractivity contribution in [3.63, 3.8) is 0 Å². The highest BCUT2D eigenvalue weighted by molar-refractivity contribution is 5.95. The molecular formula is C14H18F3N5O2. The second-order valence-corrected chi connectivity index (χ2v) is 5.44. The van der Waals surface area contributed by atoms with E-state index in [9.17, 15) is 13.2 Å². The van der Waals surface area contributed by atoms with E-state index in [0.717, 1.165) is 12.1 Å². The van der Waals surface area contributed by atoms with E-state index in [0.29, 0.717) is 0 Å². The third-order valence-electron chi connectivity index (χ3n) is 3.06. The molecule has 0 saturated heterocycles. The summed E-state index contributed by atoms with van der Waals surface area (Å²) in [6, 6.07) is 4.60. The lowest BCUT2D eigenvalue weighted by atomic mass is 10.2. The van der Waals surface area contributed by atoms with Gasteiger partial charge in [-0.05, 0) is 32.0 Å². The fraction of sp³-hybridized carbons (Fsp3) is 0.429. The van der Waals surface area contributed by atoms with Gasteiger partial charge in [-0.3, -0.25) is 4.84 Å². The molecule has 2 rings (SSSR count). The van der Waals surface area contributed by atoms with E-state index >= 15 is 0 Å². The SMILES string of the molecule is CC1(C)N=C(N)N=C(N)N1OCCOc1cccc(C(F)(F)F)c1. The number of hydrogen-bond donors (Lipinski definition) is 2. The monoisotopic (exact) mass is 345 g/mol. The molecule has 10 heteroatoms. The van der Waals surface area contributed by atoms with Crippen molar-refractivity contribution >= 4 is 11.9 Å². The fourth-order valence-electron chi connectivity index (χ4n) is 2.07. The minimum Gasteiger partial charge on any atom is -0.491 e. The second-order valence-electron chi connectivity index (χ2n) is 5.44. The van der Waals surface area contributed by atoms with Crippen LogP contribution in [0.2, 0.25) is 0 Å². The van der Waals surface area contributed by atoms with E-state index in [1.54, 1.807) is 13.8 Å². The van der Waals surface area contributed by atoms with Gasteiger partial charge < -0.3 is 16.2 Å². The Morgan fingerprint density at radius 3 is 2.54 bits per heavy atom. The molecule has 1 aliphatic heterocycles. The molecule has 1 aliphatic rings. The van der Waals surface area contributed by atoms with E-state index in [2.05, 4.69) is 9.98 Å².